The van der Waals surface area contributed by atoms with Crippen molar-refractivity contribution in [3.8, 4) is 0 Å². The largest absolute Gasteiger partial charge is 0.349 e. The molecule has 1 saturated carbocycles. The summed E-state index contributed by atoms with van der Waals surface area (Å²) in [4.78, 5) is 44.2. The number of hydrogen-bond acceptors (Lipinski definition) is 3. The summed E-state index contributed by atoms with van der Waals surface area (Å²) in [7, 11) is 0. The van der Waals surface area contributed by atoms with Gasteiger partial charge in [-0.25, -0.2) is 0 Å². The number of benzene rings is 1. The lowest BCUT2D eigenvalue weighted by Crippen LogP contribution is -2.43. The molecule has 2 amide bonds. The molecule has 0 unspecified atom stereocenters. The fourth-order valence-electron chi connectivity index (χ4n) is 5.91. The minimum Gasteiger partial charge on any atom is -0.349 e. The average molecular weight is 462 g/mol. The summed E-state index contributed by atoms with van der Waals surface area (Å²) in [5.74, 6) is -0.174. The van der Waals surface area contributed by atoms with Gasteiger partial charge in [0.2, 0.25) is 5.43 Å². The highest BCUT2D eigenvalue weighted by Gasteiger charge is 2.31. The standard InChI is InChI=1S/C28H35N3O3/c32-26-24(27(33)29-15-7-2-8-16-29)19-31(23-13-5-6-14-23)20-25(26)28(34)30-17-9-12-22(18-30)21-10-3-1-4-11-21/h1,3-4,10-11,19-20,22-23H,2,5-9,12-18H2/t22-/m1/s1. The smallest absolute Gasteiger partial charge is 0.259 e. The zero-order valence-corrected chi connectivity index (χ0v) is 20.0. The van der Waals surface area contributed by atoms with Crippen LogP contribution < -0.4 is 5.43 Å². The summed E-state index contributed by atoms with van der Waals surface area (Å²) in [5, 5.41) is 0. The summed E-state index contributed by atoms with van der Waals surface area (Å²) < 4.78 is 2.00. The predicted molar refractivity (Wildman–Crippen MR) is 132 cm³/mol. The van der Waals surface area contributed by atoms with Crippen LogP contribution in [0, 0.1) is 0 Å². The second kappa shape index (κ2) is 10.2. The van der Waals surface area contributed by atoms with Gasteiger partial charge < -0.3 is 14.4 Å². The molecule has 0 radical (unpaired) electrons. The van der Waals surface area contributed by atoms with Crippen LogP contribution in [0.15, 0.2) is 47.5 Å². The lowest BCUT2D eigenvalue weighted by Gasteiger charge is -2.33. The van der Waals surface area contributed by atoms with Crippen molar-refractivity contribution in [2.45, 2.75) is 69.7 Å². The van der Waals surface area contributed by atoms with Crippen LogP contribution in [-0.2, 0) is 0 Å². The molecule has 3 aliphatic rings. The minimum absolute atomic E-state index is 0.156. The van der Waals surface area contributed by atoms with Crippen LogP contribution >= 0.6 is 0 Å². The molecule has 1 atom stereocenters. The van der Waals surface area contributed by atoms with E-state index in [0.717, 1.165) is 57.8 Å². The zero-order valence-electron chi connectivity index (χ0n) is 20.0. The second-order valence-corrected chi connectivity index (χ2v) is 10.2. The van der Waals surface area contributed by atoms with Crippen LogP contribution in [-0.4, -0.2) is 52.4 Å². The summed E-state index contributed by atoms with van der Waals surface area (Å²) in [5.41, 5.74) is 1.15. The molecule has 0 N–H and O–H groups in total. The maximum atomic E-state index is 13.7. The number of aromatic nitrogens is 1. The number of amides is 2. The highest BCUT2D eigenvalue weighted by molar-refractivity contribution is 5.99. The van der Waals surface area contributed by atoms with Crippen LogP contribution in [0.4, 0.5) is 0 Å². The molecule has 0 bridgehead atoms. The van der Waals surface area contributed by atoms with Crippen molar-refractivity contribution in [3.63, 3.8) is 0 Å². The van der Waals surface area contributed by atoms with Gasteiger partial charge in [0.1, 0.15) is 11.1 Å². The van der Waals surface area contributed by atoms with Crippen LogP contribution in [0.1, 0.15) is 96.0 Å². The van der Waals surface area contributed by atoms with Gasteiger partial charge >= 0.3 is 0 Å². The van der Waals surface area contributed by atoms with Crippen LogP contribution in [0.25, 0.3) is 0 Å². The Morgan fingerprint density at radius 3 is 2.00 bits per heavy atom. The lowest BCUT2D eigenvalue weighted by molar-refractivity contribution is 0.0703. The van der Waals surface area contributed by atoms with Gasteiger partial charge in [-0.15, -0.1) is 0 Å². The summed E-state index contributed by atoms with van der Waals surface area (Å²) in [6, 6.07) is 10.6. The first-order valence-electron chi connectivity index (χ1n) is 13.0. The molecule has 0 spiro atoms. The van der Waals surface area contributed by atoms with E-state index in [1.54, 1.807) is 17.3 Å². The monoisotopic (exact) mass is 461 g/mol. The Morgan fingerprint density at radius 2 is 1.32 bits per heavy atom. The maximum absolute atomic E-state index is 13.7. The summed E-state index contributed by atoms with van der Waals surface area (Å²) in [6.45, 7) is 2.63. The molecule has 3 heterocycles. The molecule has 1 aromatic heterocycles. The molecule has 2 aliphatic heterocycles. The predicted octanol–water partition coefficient (Wildman–Crippen LogP) is 4.61. The second-order valence-electron chi connectivity index (χ2n) is 10.2. The van der Waals surface area contributed by atoms with Crippen LogP contribution in [0.5, 0.6) is 0 Å². The van der Waals surface area contributed by atoms with Gasteiger partial charge in [0.25, 0.3) is 11.8 Å². The molecule has 5 rings (SSSR count). The zero-order chi connectivity index (χ0) is 23.5. The molecule has 6 nitrogen and oxygen atoms in total. The fourth-order valence-corrected chi connectivity index (χ4v) is 5.91. The van der Waals surface area contributed by atoms with Gasteiger partial charge in [-0.05, 0) is 50.5 Å². The molecule has 6 heteroatoms. The van der Waals surface area contributed by atoms with Crippen molar-refractivity contribution >= 4 is 11.8 Å². The summed E-state index contributed by atoms with van der Waals surface area (Å²) >= 11 is 0. The molecule has 2 saturated heterocycles. The Hall–Kier alpha value is -2.89. The van der Waals surface area contributed by atoms with Crippen molar-refractivity contribution in [1.82, 2.24) is 14.4 Å². The first-order chi connectivity index (χ1) is 16.6. The van der Waals surface area contributed by atoms with Crippen molar-refractivity contribution in [2.75, 3.05) is 26.2 Å². The van der Waals surface area contributed by atoms with Crippen molar-refractivity contribution in [1.29, 1.82) is 0 Å². The quantitative estimate of drug-likeness (QED) is 0.668. The van der Waals surface area contributed by atoms with Crippen molar-refractivity contribution in [2.24, 2.45) is 0 Å². The molecule has 34 heavy (non-hydrogen) atoms. The van der Waals surface area contributed by atoms with E-state index < -0.39 is 5.43 Å². The van der Waals surface area contributed by atoms with E-state index in [2.05, 4.69) is 12.1 Å². The third-order valence-corrected chi connectivity index (χ3v) is 7.88. The topological polar surface area (TPSA) is 62.6 Å². The average Bonchev–Trinajstić information content (AvgIpc) is 3.44. The van der Waals surface area contributed by atoms with Crippen LogP contribution in [0.2, 0.25) is 0 Å². The van der Waals surface area contributed by atoms with E-state index in [9.17, 15) is 14.4 Å². The van der Waals surface area contributed by atoms with Gasteiger partial charge in [0.05, 0.1) is 0 Å². The van der Waals surface area contributed by atoms with E-state index in [1.165, 1.54) is 5.56 Å². The number of rotatable bonds is 4. The molecule has 3 fully saturated rings. The Labute approximate surface area is 201 Å². The van der Waals surface area contributed by atoms with Crippen molar-refractivity contribution in [3.05, 3.63) is 69.6 Å². The molecule has 2 aromatic rings. The number of pyridine rings is 1. The molecule has 180 valence electrons. The number of carbonyl (C=O) groups excluding carboxylic acids is 2. The van der Waals surface area contributed by atoms with Crippen molar-refractivity contribution < 1.29 is 9.59 Å². The molecular weight excluding hydrogens is 426 g/mol. The van der Waals surface area contributed by atoms with E-state index in [4.69, 9.17) is 0 Å². The van der Waals surface area contributed by atoms with E-state index in [0.29, 0.717) is 26.2 Å². The molecule has 1 aromatic carbocycles. The number of carbonyl (C=O) groups is 2. The highest BCUT2D eigenvalue weighted by Crippen LogP contribution is 2.31. The molecule has 1 aliphatic carbocycles. The van der Waals surface area contributed by atoms with E-state index >= 15 is 0 Å². The highest BCUT2D eigenvalue weighted by atomic mass is 16.2. The van der Waals surface area contributed by atoms with Crippen LogP contribution in [0.3, 0.4) is 0 Å². The SMILES string of the molecule is O=C(c1cn(C2CCCC2)cc(C(=O)N2CCC[C@@H](c3ccccc3)C2)c1=O)N1CCCCC1. The van der Waals surface area contributed by atoms with Gasteiger partial charge in [-0.1, -0.05) is 43.2 Å². The van der Waals surface area contributed by atoms with Gasteiger partial charge in [0.15, 0.2) is 0 Å². The Kier molecular flexibility index (Phi) is 6.84. The third kappa shape index (κ3) is 4.68. The maximum Gasteiger partial charge on any atom is 0.259 e. The Bertz CT molecular complexity index is 1080. The Morgan fingerprint density at radius 1 is 0.706 bits per heavy atom. The summed E-state index contributed by atoms with van der Waals surface area (Å²) in [6.07, 6.45) is 12.8. The Balaban J connectivity index is 1.47. The van der Waals surface area contributed by atoms with Gasteiger partial charge in [-0.2, -0.15) is 0 Å². The number of nitrogens with zero attached hydrogens (tertiary/aromatic N) is 3. The number of hydrogen-bond donors (Lipinski definition) is 0. The van der Waals surface area contributed by atoms with E-state index in [-0.39, 0.29) is 34.9 Å². The fraction of sp³-hybridized carbons (Fsp3) is 0.536. The third-order valence-electron chi connectivity index (χ3n) is 7.88. The first-order valence-corrected chi connectivity index (χ1v) is 13.0. The number of likely N-dealkylation sites (tertiary alicyclic amines) is 2. The number of piperidine rings is 2. The minimum atomic E-state index is -0.406. The lowest BCUT2D eigenvalue weighted by atomic mass is 9.90. The van der Waals surface area contributed by atoms with Gasteiger partial charge in [0, 0.05) is 50.5 Å². The van der Waals surface area contributed by atoms with Gasteiger partial charge in [-0.3, -0.25) is 14.4 Å². The molecular formula is C28H35N3O3. The van der Waals surface area contributed by atoms with E-state index in [1.807, 2.05) is 27.7 Å². The first kappa shape index (κ1) is 22.9. The normalized spacial score (nSPS) is 21.6.